The highest BCUT2D eigenvalue weighted by atomic mass is 32.2. The van der Waals surface area contributed by atoms with Gasteiger partial charge in [-0.2, -0.15) is 0 Å². The Morgan fingerprint density at radius 3 is 2.52 bits per heavy atom. The summed E-state index contributed by atoms with van der Waals surface area (Å²) in [5.41, 5.74) is 1.22. The summed E-state index contributed by atoms with van der Waals surface area (Å²) in [6, 6.07) is 3.02. The van der Waals surface area contributed by atoms with Gasteiger partial charge in [0.15, 0.2) is 9.84 Å². The molecule has 2 heterocycles. The Hall–Kier alpha value is -2.35. The van der Waals surface area contributed by atoms with Crippen LogP contribution in [-0.4, -0.2) is 31.2 Å². The number of nitrogens with one attached hydrogen (secondary N) is 2. The predicted molar refractivity (Wildman–Crippen MR) is 94.6 cm³/mol. The van der Waals surface area contributed by atoms with Crippen LogP contribution in [0.3, 0.4) is 0 Å². The first-order chi connectivity index (χ1) is 11.7. The maximum absolute atomic E-state index is 12.2. The summed E-state index contributed by atoms with van der Waals surface area (Å²) in [5, 5.41) is 0. The Kier molecular flexibility index (Phi) is 4.55. The second kappa shape index (κ2) is 6.51. The van der Waals surface area contributed by atoms with Crippen LogP contribution in [0.15, 0.2) is 27.9 Å². The number of hydrogen-bond acceptors (Lipinski definition) is 5. The highest BCUT2D eigenvalue weighted by Gasteiger charge is 2.25. The van der Waals surface area contributed by atoms with Crippen molar-refractivity contribution < 1.29 is 13.2 Å². The van der Waals surface area contributed by atoms with Crippen LogP contribution in [0.25, 0.3) is 11.1 Å². The number of hydrogen-bond donors (Lipinski definition) is 2. The minimum absolute atomic E-state index is 0.0891. The molecule has 0 radical (unpaired) electrons. The molecule has 2 aromatic rings. The van der Waals surface area contributed by atoms with Crippen molar-refractivity contribution in [2.75, 3.05) is 12.9 Å². The lowest BCUT2D eigenvalue weighted by atomic mass is 10.0. The zero-order valence-electron chi connectivity index (χ0n) is 14.1. The molecule has 0 saturated heterocycles. The molecule has 1 aliphatic rings. The average Bonchev–Trinajstić information content (AvgIpc) is 3.31. The van der Waals surface area contributed by atoms with Crippen molar-refractivity contribution in [3.63, 3.8) is 0 Å². The molecule has 3 rings (SSSR count). The zero-order valence-corrected chi connectivity index (χ0v) is 14.9. The van der Waals surface area contributed by atoms with Gasteiger partial charge < -0.3 is 14.7 Å². The van der Waals surface area contributed by atoms with Gasteiger partial charge in [0.2, 0.25) is 5.56 Å². The molecule has 134 valence electrons. The third kappa shape index (κ3) is 4.19. The first kappa shape index (κ1) is 17.5. The van der Waals surface area contributed by atoms with Crippen LogP contribution in [0.5, 0.6) is 5.75 Å². The molecule has 1 fully saturated rings. The molecular weight excluding hydrogens is 344 g/mol. The van der Waals surface area contributed by atoms with Crippen molar-refractivity contribution >= 4 is 9.84 Å². The van der Waals surface area contributed by atoms with Gasteiger partial charge in [-0.1, -0.05) is 0 Å². The summed E-state index contributed by atoms with van der Waals surface area (Å²) in [5.74, 6) is 0.310. The van der Waals surface area contributed by atoms with E-state index in [2.05, 4.69) is 9.97 Å². The number of aromatic nitrogens is 2. The number of ether oxygens (including phenoxy) is 1. The van der Waals surface area contributed by atoms with E-state index >= 15 is 0 Å². The monoisotopic (exact) mass is 364 g/mol. The fraction of sp³-hybridized carbons (Fsp3) is 0.412. The molecule has 0 atom stereocenters. The van der Waals surface area contributed by atoms with Gasteiger partial charge in [0, 0.05) is 35.3 Å². The standard InChI is InChI=1S/C17H20N2O5S/c1-10-12(5-6-15(20)19-10)13-7-18-17(21)14(9-25(2,22)23)16(13)24-8-11-3-4-11/h5-7,11H,3-4,8-9H2,1-2H3,(H,18,21)(H,19,20). The molecule has 0 bridgehead atoms. The predicted octanol–water partition coefficient (Wildman–Crippen LogP) is 1.37. The summed E-state index contributed by atoms with van der Waals surface area (Å²) < 4.78 is 29.4. The molecule has 0 spiro atoms. The van der Waals surface area contributed by atoms with Gasteiger partial charge >= 0.3 is 0 Å². The Balaban J connectivity index is 2.17. The highest BCUT2D eigenvalue weighted by Crippen LogP contribution is 2.35. The van der Waals surface area contributed by atoms with E-state index in [1.54, 1.807) is 13.0 Å². The number of sulfone groups is 1. The smallest absolute Gasteiger partial charge is 0.255 e. The number of rotatable bonds is 6. The maximum atomic E-state index is 12.2. The SMILES string of the molecule is Cc1[nH]c(=O)ccc1-c1c[nH]c(=O)c(CS(C)(=O)=O)c1OCC1CC1. The molecule has 1 saturated carbocycles. The van der Waals surface area contributed by atoms with Crippen molar-refractivity contribution in [1.29, 1.82) is 0 Å². The normalized spacial score (nSPS) is 14.5. The van der Waals surface area contributed by atoms with Gasteiger partial charge in [0.25, 0.3) is 5.56 Å². The molecule has 8 heteroatoms. The van der Waals surface area contributed by atoms with Gasteiger partial charge in [0.1, 0.15) is 5.75 Å². The fourth-order valence-electron chi connectivity index (χ4n) is 2.67. The molecule has 25 heavy (non-hydrogen) atoms. The summed E-state index contributed by atoms with van der Waals surface area (Å²) in [6.07, 6.45) is 4.71. The quantitative estimate of drug-likeness (QED) is 0.805. The first-order valence-electron chi connectivity index (χ1n) is 8.00. The molecule has 0 amide bonds. The van der Waals surface area contributed by atoms with Crippen LogP contribution >= 0.6 is 0 Å². The van der Waals surface area contributed by atoms with Crippen molar-refractivity contribution in [3.8, 4) is 16.9 Å². The minimum Gasteiger partial charge on any atom is -0.492 e. The molecular formula is C17H20N2O5S. The fourth-order valence-corrected chi connectivity index (χ4v) is 3.46. The van der Waals surface area contributed by atoms with E-state index in [9.17, 15) is 18.0 Å². The van der Waals surface area contributed by atoms with Gasteiger partial charge in [-0.3, -0.25) is 9.59 Å². The van der Waals surface area contributed by atoms with Crippen LogP contribution in [0.1, 0.15) is 24.1 Å². The van der Waals surface area contributed by atoms with E-state index in [-0.39, 0.29) is 16.9 Å². The van der Waals surface area contributed by atoms with Crippen molar-refractivity contribution in [1.82, 2.24) is 9.97 Å². The molecule has 7 nitrogen and oxygen atoms in total. The second-order valence-electron chi connectivity index (χ2n) is 6.52. The largest absolute Gasteiger partial charge is 0.492 e. The van der Waals surface area contributed by atoms with Crippen LogP contribution in [0, 0.1) is 12.8 Å². The minimum atomic E-state index is -3.42. The number of H-pyrrole nitrogens is 2. The molecule has 0 aliphatic heterocycles. The molecule has 0 aromatic carbocycles. The topological polar surface area (TPSA) is 109 Å². The van der Waals surface area contributed by atoms with E-state index in [1.807, 2.05) is 0 Å². The molecule has 2 aromatic heterocycles. The Morgan fingerprint density at radius 2 is 1.92 bits per heavy atom. The molecule has 1 aliphatic carbocycles. The Labute approximate surface area is 145 Å². The summed E-state index contributed by atoms with van der Waals surface area (Å²) in [6.45, 7) is 2.18. The lowest BCUT2D eigenvalue weighted by Gasteiger charge is -2.16. The van der Waals surface area contributed by atoms with Crippen molar-refractivity contribution in [2.24, 2.45) is 5.92 Å². The lowest BCUT2D eigenvalue weighted by Crippen LogP contribution is -2.19. The second-order valence-corrected chi connectivity index (χ2v) is 8.67. The average molecular weight is 364 g/mol. The van der Waals surface area contributed by atoms with E-state index in [1.165, 1.54) is 12.3 Å². The maximum Gasteiger partial charge on any atom is 0.255 e. The Bertz CT molecular complexity index is 1020. The van der Waals surface area contributed by atoms with Crippen LogP contribution in [0.2, 0.25) is 0 Å². The number of pyridine rings is 2. The molecule has 2 N–H and O–H groups in total. The first-order valence-corrected chi connectivity index (χ1v) is 10.1. The Morgan fingerprint density at radius 1 is 1.20 bits per heavy atom. The van der Waals surface area contributed by atoms with Crippen molar-refractivity contribution in [2.45, 2.75) is 25.5 Å². The highest BCUT2D eigenvalue weighted by molar-refractivity contribution is 7.89. The third-order valence-electron chi connectivity index (χ3n) is 4.11. The lowest BCUT2D eigenvalue weighted by molar-refractivity contribution is 0.298. The van der Waals surface area contributed by atoms with E-state index in [4.69, 9.17) is 4.74 Å². The van der Waals surface area contributed by atoms with Gasteiger partial charge in [-0.25, -0.2) is 8.42 Å². The van der Waals surface area contributed by atoms with E-state index in [0.29, 0.717) is 29.3 Å². The summed E-state index contributed by atoms with van der Waals surface area (Å²) in [4.78, 5) is 29.0. The van der Waals surface area contributed by atoms with E-state index in [0.717, 1.165) is 19.1 Å². The zero-order chi connectivity index (χ0) is 18.2. The van der Waals surface area contributed by atoms with E-state index < -0.39 is 21.1 Å². The van der Waals surface area contributed by atoms with Crippen molar-refractivity contribution in [3.05, 3.63) is 50.3 Å². The summed E-state index contributed by atoms with van der Waals surface area (Å²) in [7, 11) is -3.42. The molecule has 0 unspecified atom stereocenters. The van der Waals surface area contributed by atoms with Gasteiger partial charge in [-0.15, -0.1) is 0 Å². The third-order valence-corrected chi connectivity index (χ3v) is 4.93. The summed E-state index contributed by atoms with van der Waals surface area (Å²) >= 11 is 0. The number of aromatic amines is 2. The number of aryl methyl sites for hydroxylation is 1. The van der Waals surface area contributed by atoms with Crippen LogP contribution in [-0.2, 0) is 15.6 Å². The van der Waals surface area contributed by atoms with Gasteiger partial charge in [-0.05, 0) is 31.7 Å². The van der Waals surface area contributed by atoms with Crippen LogP contribution < -0.4 is 15.9 Å². The van der Waals surface area contributed by atoms with Gasteiger partial charge in [0.05, 0.1) is 17.9 Å². The van der Waals surface area contributed by atoms with Crippen LogP contribution in [0.4, 0.5) is 0 Å².